The number of hydrogen-bond acceptors (Lipinski definition) is 7. The fourth-order valence-electron chi connectivity index (χ4n) is 3.94. The van der Waals surface area contributed by atoms with Crippen molar-refractivity contribution in [2.75, 3.05) is 43.9 Å². The lowest BCUT2D eigenvalue weighted by Gasteiger charge is -2.36. The van der Waals surface area contributed by atoms with Crippen LogP contribution < -0.4 is 10.6 Å². The third-order valence-corrected chi connectivity index (χ3v) is 6.67. The van der Waals surface area contributed by atoms with Crippen molar-refractivity contribution in [3.8, 4) is 0 Å². The molecule has 2 amide bonds. The SMILES string of the molecule is COC(=O)c1scc(C)c1NC(=O)C[N+]1(CC(=O)Nc2nocc2C)CCCCCC1. The van der Waals surface area contributed by atoms with Gasteiger partial charge in [-0.1, -0.05) is 5.16 Å². The summed E-state index contributed by atoms with van der Waals surface area (Å²) in [5.74, 6) is -0.499. The number of carbonyl (C=O) groups excluding carboxylic acids is 3. The molecule has 1 saturated heterocycles. The van der Waals surface area contributed by atoms with Gasteiger partial charge in [-0.25, -0.2) is 4.79 Å². The van der Waals surface area contributed by atoms with Crippen molar-refractivity contribution in [2.24, 2.45) is 0 Å². The molecule has 31 heavy (non-hydrogen) atoms. The summed E-state index contributed by atoms with van der Waals surface area (Å²) in [6.45, 7) is 5.45. The molecule has 0 spiro atoms. The van der Waals surface area contributed by atoms with Gasteiger partial charge < -0.3 is 24.4 Å². The highest BCUT2D eigenvalue weighted by atomic mass is 32.1. The third-order valence-electron chi connectivity index (χ3n) is 5.59. The average Bonchev–Trinajstić information content (AvgIpc) is 3.20. The Bertz CT molecular complexity index is 943. The summed E-state index contributed by atoms with van der Waals surface area (Å²) in [5.41, 5.74) is 2.04. The zero-order valence-electron chi connectivity index (χ0n) is 18.2. The van der Waals surface area contributed by atoms with Crippen molar-refractivity contribution < 1.29 is 28.1 Å². The number of likely N-dealkylation sites (tertiary alicyclic amines) is 1. The van der Waals surface area contributed by atoms with Gasteiger partial charge in [0.15, 0.2) is 18.9 Å². The first-order valence-corrected chi connectivity index (χ1v) is 11.2. The predicted molar refractivity (Wildman–Crippen MR) is 117 cm³/mol. The van der Waals surface area contributed by atoms with Crippen LogP contribution in [0.5, 0.6) is 0 Å². The largest absolute Gasteiger partial charge is 0.465 e. The maximum Gasteiger partial charge on any atom is 0.350 e. The van der Waals surface area contributed by atoms with Crippen LogP contribution >= 0.6 is 11.3 Å². The number of nitrogens with one attached hydrogen (secondary N) is 2. The molecule has 0 aromatic carbocycles. The maximum absolute atomic E-state index is 13.0. The van der Waals surface area contributed by atoms with E-state index in [1.54, 1.807) is 6.92 Å². The van der Waals surface area contributed by atoms with Crippen LogP contribution in [0.25, 0.3) is 0 Å². The molecule has 10 heteroatoms. The number of anilines is 2. The van der Waals surface area contributed by atoms with E-state index in [1.165, 1.54) is 24.7 Å². The molecule has 9 nitrogen and oxygen atoms in total. The van der Waals surface area contributed by atoms with Crippen LogP contribution in [0.3, 0.4) is 0 Å². The Morgan fingerprint density at radius 1 is 1.06 bits per heavy atom. The molecule has 1 aliphatic heterocycles. The molecule has 2 aromatic rings. The van der Waals surface area contributed by atoms with Gasteiger partial charge in [0, 0.05) is 5.56 Å². The van der Waals surface area contributed by atoms with Gasteiger partial charge in [-0.3, -0.25) is 9.59 Å². The first kappa shape index (κ1) is 23.0. The molecule has 2 aromatic heterocycles. The summed E-state index contributed by atoms with van der Waals surface area (Å²) in [4.78, 5) is 38.2. The van der Waals surface area contributed by atoms with E-state index < -0.39 is 5.97 Å². The lowest BCUT2D eigenvalue weighted by molar-refractivity contribution is -0.912. The minimum Gasteiger partial charge on any atom is -0.465 e. The molecule has 2 N–H and O–H groups in total. The Morgan fingerprint density at radius 2 is 1.71 bits per heavy atom. The Balaban J connectivity index is 1.74. The van der Waals surface area contributed by atoms with Crippen LogP contribution in [-0.2, 0) is 14.3 Å². The number of esters is 1. The number of aryl methyl sites for hydroxylation is 2. The van der Waals surface area contributed by atoms with Gasteiger partial charge in [-0.15, -0.1) is 11.3 Å². The molecule has 1 fully saturated rings. The van der Waals surface area contributed by atoms with Gasteiger partial charge >= 0.3 is 5.97 Å². The molecule has 1 aliphatic rings. The lowest BCUT2D eigenvalue weighted by Crippen LogP contribution is -2.56. The van der Waals surface area contributed by atoms with Crippen molar-refractivity contribution in [1.82, 2.24) is 5.16 Å². The summed E-state index contributed by atoms with van der Waals surface area (Å²) in [6.07, 6.45) is 5.55. The summed E-state index contributed by atoms with van der Waals surface area (Å²) >= 11 is 1.24. The molecule has 0 atom stereocenters. The highest BCUT2D eigenvalue weighted by Crippen LogP contribution is 2.29. The minimum atomic E-state index is -0.477. The second kappa shape index (κ2) is 10.1. The van der Waals surface area contributed by atoms with E-state index in [1.807, 2.05) is 12.3 Å². The van der Waals surface area contributed by atoms with Crippen molar-refractivity contribution in [2.45, 2.75) is 39.5 Å². The molecular weight excluding hydrogens is 420 g/mol. The Labute approximate surface area is 185 Å². The maximum atomic E-state index is 13.0. The van der Waals surface area contributed by atoms with Crippen LogP contribution in [0.1, 0.15) is 46.5 Å². The highest BCUT2D eigenvalue weighted by molar-refractivity contribution is 7.12. The van der Waals surface area contributed by atoms with Crippen LogP contribution in [-0.4, -0.2) is 60.7 Å². The van der Waals surface area contributed by atoms with Crippen LogP contribution in [0, 0.1) is 13.8 Å². The molecule has 0 radical (unpaired) electrons. The number of carbonyl (C=O) groups is 3. The average molecular weight is 450 g/mol. The topological polar surface area (TPSA) is 111 Å². The van der Waals surface area contributed by atoms with Gasteiger partial charge in [0.25, 0.3) is 11.8 Å². The molecule has 0 saturated carbocycles. The van der Waals surface area contributed by atoms with Gasteiger partial charge in [0.05, 0.1) is 25.9 Å². The van der Waals surface area contributed by atoms with Crippen LogP contribution in [0.15, 0.2) is 16.2 Å². The number of nitrogens with zero attached hydrogens (tertiary/aromatic N) is 2. The summed E-state index contributed by atoms with van der Waals surface area (Å²) < 4.78 is 10.1. The molecule has 0 unspecified atom stereocenters. The number of quaternary nitrogens is 1. The number of hydrogen-bond donors (Lipinski definition) is 2. The normalized spacial score (nSPS) is 15.7. The van der Waals surface area contributed by atoms with E-state index in [0.717, 1.165) is 49.9 Å². The van der Waals surface area contributed by atoms with Gasteiger partial charge in [-0.05, 0) is 50.5 Å². The van der Waals surface area contributed by atoms with Crippen molar-refractivity contribution in [3.63, 3.8) is 0 Å². The first-order chi connectivity index (χ1) is 14.8. The van der Waals surface area contributed by atoms with Gasteiger partial charge in [0.1, 0.15) is 11.1 Å². The smallest absolute Gasteiger partial charge is 0.350 e. The zero-order chi connectivity index (χ0) is 22.4. The summed E-state index contributed by atoms with van der Waals surface area (Å²) in [7, 11) is 1.32. The lowest BCUT2D eigenvalue weighted by atomic mass is 10.2. The van der Waals surface area contributed by atoms with Crippen molar-refractivity contribution in [3.05, 3.63) is 27.6 Å². The number of ether oxygens (including phenoxy) is 1. The Hall–Kier alpha value is -2.72. The number of rotatable bonds is 7. The van der Waals surface area contributed by atoms with E-state index in [9.17, 15) is 14.4 Å². The van der Waals surface area contributed by atoms with Crippen molar-refractivity contribution in [1.29, 1.82) is 0 Å². The second-order valence-electron chi connectivity index (χ2n) is 8.08. The van der Waals surface area contributed by atoms with E-state index in [4.69, 9.17) is 9.26 Å². The fourth-order valence-corrected chi connectivity index (χ4v) is 4.86. The monoisotopic (exact) mass is 449 g/mol. The predicted octanol–water partition coefficient (Wildman–Crippen LogP) is 3.11. The number of thiophene rings is 1. The van der Waals surface area contributed by atoms with Crippen LogP contribution in [0.4, 0.5) is 11.5 Å². The van der Waals surface area contributed by atoms with E-state index in [2.05, 4.69) is 15.8 Å². The van der Waals surface area contributed by atoms with E-state index in [0.29, 0.717) is 20.9 Å². The molecule has 168 valence electrons. The fraction of sp³-hybridized carbons (Fsp3) is 0.524. The standard InChI is InChI=1S/C21H28N4O5S/c1-14-12-30-24-20(14)23-17(27)11-25(8-6-4-5-7-9-25)10-16(26)22-18-15(2)13-31-19(18)21(28)29-3/h12-13H,4-11H2,1-3H3,(H-,22,23,24,26,27,28)/p+1. The minimum absolute atomic E-state index is 0.154. The zero-order valence-corrected chi connectivity index (χ0v) is 19.0. The molecule has 3 heterocycles. The number of methoxy groups -OCH3 is 1. The molecule has 3 rings (SSSR count). The number of amides is 2. The second-order valence-corrected chi connectivity index (χ2v) is 8.96. The highest BCUT2D eigenvalue weighted by Gasteiger charge is 2.35. The van der Waals surface area contributed by atoms with Gasteiger partial charge in [0.2, 0.25) is 0 Å². The first-order valence-electron chi connectivity index (χ1n) is 10.4. The molecule has 0 aliphatic carbocycles. The van der Waals surface area contributed by atoms with Crippen LogP contribution in [0.2, 0.25) is 0 Å². The quantitative estimate of drug-likeness (QED) is 0.496. The summed E-state index contributed by atoms with van der Waals surface area (Å²) in [5, 5.41) is 11.3. The van der Waals surface area contributed by atoms with E-state index in [-0.39, 0.29) is 24.9 Å². The van der Waals surface area contributed by atoms with Crippen molar-refractivity contribution >= 4 is 40.6 Å². The summed E-state index contributed by atoms with van der Waals surface area (Å²) in [6, 6.07) is 0. The van der Waals surface area contributed by atoms with E-state index >= 15 is 0 Å². The Morgan fingerprint density at radius 3 is 2.29 bits per heavy atom. The molecular formula is C21H29N4O5S+. The van der Waals surface area contributed by atoms with Gasteiger partial charge in [-0.2, -0.15) is 0 Å². The third kappa shape index (κ3) is 5.71. The molecule has 0 bridgehead atoms. The number of aromatic nitrogens is 1. The Kier molecular flexibility index (Phi) is 7.45.